The molecule has 1 atom stereocenters. The van der Waals surface area contributed by atoms with Gasteiger partial charge in [-0.05, 0) is 25.5 Å². The van der Waals surface area contributed by atoms with Gasteiger partial charge in [0.1, 0.15) is 5.03 Å². The molecule has 0 spiro atoms. The van der Waals surface area contributed by atoms with E-state index in [9.17, 15) is 13.2 Å². The Hall–Kier alpha value is -1.47. The van der Waals surface area contributed by atoms with E-state index >= 15 is 0 Å². The second-order valence-corrected chi connectivity index (χ2v) is 5.91. The molecule has 0 radical (unpaired) electrons. The Morgan fingerprint density at radius 3 is 2.43 bits per heavy atom. The molecule has 21 heavy (non-hydrogen) atoms. The summed E-state index contributed by atoms with van der Waals surface area (Å²) in [5, 5.41) is 4.12. The van der Waals surface area contributed by atoms with E-state index in [0.717, 1.165) is 4.90 Å². The molecule has 0 saturated heterocycles. The van der Waals surface area contributed by atoms with Gasteiger partial charge in [0.25, 0.3) is 0 Å². The van der Waals surface area contributed by atoms with Gasteiger partial charge < -0.3 is 5.73 Å². The van der Waals surface area contributed by atoms with Crippen LogP contribution in [0.3, 0.4) is 0 Å². The van der Waals surface area contributed by atoms with E-state index in [4.69, 9.17) is 5.73 Å². The summed E-state index contributed by atoms with van der Waals surface area (Å²) in [7, 11) is 1.52. The molecule has 0 aliphatic rings. The van der Waals surface area contributed by atoms with E-state index in [-0.39, 0.29) is 18.0 Å². The van der Waals surface area contributed by atoms with Gasteiger partial charge in [0.2, 0.25) is 0 Å². The summed E-state index contributed by atoms with van der Waals surface area (Å²) in [6, 6.07) is 8.87. The summed E-state index contributed by atoms with van der Waals surface area (Å²) in [5.74, 6) is 0. The summed E-state index contributed by atoms with van der Waals surface area (Å²) >= 11 is 1.26. The first kappa shape index (κ1) is 15.9. The lowest BCUT2D eigenvalue weighted by Crippen LogP contribution is -2.20. The zero-order valence-corrected chi connectivity index (χ0v) is 12.5. The number of aryl methyl sites for hydroxylation is 1. The first-order valence-corrected chi connectivity index (χ1v) is 7.22. The fourth-order valence-electron chi connectivity index (χ4n) is 2.01. The molecule has 0 aliphatic carbocycles. The maximum atomic E-state index is 13.1. The number of benzene rings is 1. The van der Waals surface area contributed by atoms with Crippen LogP contribution in [0.4, 0.5) is 13.2 Å². The van der Waals surface area contributed by atoms with E-state index in [1.807, 2.05) is 30.3 Å². The van der Waals surface area contributed by atoms with Crippen molar-refractivity contribution in [3.63, 3.8) is 0 Å². The number of hydrogen-bond acceptors (Lipinski definition) is 3. The highest BCUT2D eigenvalue weighted by Gasteiger charge is 2.39. The third kappa shape index (κ3) is 3.79. The van der Waals surface area contributed by atoms with Gasteiger partial charge >= 0.3 is 6.18 Å². The standard InChI is InChI=1S/C14H16F3N3S/c1-9(18)8-11-12(14(15,16)17)19-20(2)13(11)21-10-6-4-3-5-7-10/h3-7,9H,8,18H2,1-2H3. The van der Waals surface area contributed by atoms with Crippen LogP contribution in [0.2, 0.25) is 0 Å². The van der Waals surface area contributed by atoms with Crippen LogP contribution in [0.25, 0.3) is 0 Å². The quantitative estimate of drug-likeness (QED) is 0.939. The summed E-state index contributed by atoms with van der Waals surface area (Å²) in [4.78, 5) is 0.861. The van der Waals surface area contributed by atoms with Crippen LogP contribution >= 0.6 is 11.8 Å². The van der Waals surface area contributed by atoms with Gasteiger partial charge in [-0.25, -0.2) is 0 Å². The van der Waals surface area contributed by atoms with Crippen LogP contribution in [-0.4, -0.2) is 15.8 Å². The fourth-order valence-corrected chi connectivity index (χ4v) is 3.01. The second kappa shape index (κ2) is 6.11. The minimum Gasteiger partial charge on any atom is -0.328 e. The van der Waals surface area contributed by atoms with E-state index < -0.39 is 11.9 Å². The SMILES string of the molecule is CC(N)Cc1c(C(F)(F)F)nn(C)c1Sc1ccccc1. The van der Waals surface area contributed by atoms with Crippen molar-refractivity contribution in [2.24, 2.45) is 12.8 Å². The Balaban J connectivity index is 2.46. The lowest BCUT2D eigenvalue weighted by molar-refractivity contribution is -0.142. The Kier molecular flexibility index (Phi) is 4.63. The predicted octanol–water partition coefficient (Wildman–Crippen LogP) is 3.48. The second-order valence-electron chi connectivity index (χ2n) is 4.85. The number of nitrogens with two attached hydrogens (primary N) is 1. The summed E-state index contributed by atoms with van der Waals surface area (Å²) in [6.45, 7) is 1.68. The number of nitrogens with zero attached hydrogens (tertiary/aromatic N) is 2. The van der Waals surface area contributed by atoms with Gasteiger partial charge in [0.05, 0.1) is 0 Å². The maximum absolute atomic E-state index is 13.1. The normalized spacial score (nSPS) is 13.4. The summed E-state index contributed by atoms with van der Waals surface area (Å²) in [6.07, 6.45) is -4.34. The molecule has 1 aromatic heterocycles. The third-order valence-corrected chi connectivity index (χ3v) is 4.05. The molecule has 114 valence electrons. The highest BCUT2D eigenvalue weighted by molar-refractivity contribution is 7.99. The van der Waals surface area contributed by atoms with Crippen LogP contribution in [0.1, 0.15) is 18.2 Å². The Labute approximate surface area is 125 Å². The minimum atomic E-state index is -4.47. The molecule has 7 heteroatoms. The first-order valence-electron chi connectivity index (χ1n) is 6.40. The van der Waals surface area contributed by atoms with Crippen LogP contribution in [0.15, 0.2) is 40.3 Å². The Morgan fingerprint density at radius 1 is 1.29 bits per heavy atom. The van der Waals surface area contributed by atoms with Gasteiger partial charge in [-0.3, -0.25) is 4.68 Å². The Morgan fingerprint density at radius 2 is 1.90 bits per heavy atom. The topological polar surface area (TPSA) is 43.8 Å². The molecule has 1 unspecified atom stereocenters. The highest BCUT2D eigenvalue weighted by Crippen LogP contribution is 2.38. The number of rotatable bonds is 4. The van der Waals surface area contributed by atoms with Crippen molar-refractivity contribution in [3.8, 4) is 0 Å². The molecular formula is C14H16F3N3S. The van der Waals surface area contributed by atoms with Gasteiger partial charge in [0.15, 0.2) is 5.69 Å². The van der Waals surface area contributed by atoms with E-state index in [0.29, 0.717) is 5.03 Å². The molecule has 2 aromatic rings. The summed E-state index contributed by atoms with van der Waals surface area (Å²) in [5.41, 5.74) is 5.01. The summed E-state index contributed by atoms with van der Waals surface area (Å²) < 4.78 is 40.6. The Bertz CT molecular complexity index is 606. The van der Waals surface area contributed by atoms with Gasteiger partial charge in [-0.15, -0.1) is 0 Å². The molecule has 1 aromatic carbocycles. The predicted molar refractivity (Wildman–Crippen MR) is 76.1 cm³/mol. The lowest BCUT2D eigenvalue weighted by Gasteiger charge is -2.10. The number of halogens is 3. The van der Waals surface area contributed by atoms with Crippen LogP contribution in [-0.2, 0) is 19.6 Å². The van der Waals surface area contributed by atoms with Crippen molar-refractivity contribution in [1.82, 2.24) is 9.78 Å². The monoisotopic (exact) mass is 315 g/mol. The lowest BCUT2D eigenvalue weighted by atomic mass is 10.1. The van der Waals surface area contributed by atoms with Crippen LogP contribution in [0.5, 0.6) is 0 Å². The minimum absolute atomic E-state index is 0.137. The zero-order chi connectivity index (χ0) is 15.6. The molecule has 2 rings (SSSR count). The maximum Gasteiger partial charge on any atom is 0.435 e. The fraction of sp³-hybridized carbons (Fsp3) is 0.357. The molecule has 3 nitrogen and oxygen atoms in total. The van der Waals surface area contributed by atoms with E-state index in [2.05, 4.69) is 5.10 Å². The van der Waals surface area contributed by atoms with Gasteiger partial charge in [-0.2, -0.15) is 18.3 Å². The number of hydrogen-bond donors (Lipinski definition) is 1. The average Bonchev–Trinajstić information content (AvgIpc) is 2.68. The first-order chi connectivity index (χ1) is 9.79. The van der Waals surface area contributed by atoms with Crippen molar-refractivity contribution in [3.05, 3.63) is 41.6 Å². The van der Waals surface area contributed by atoms with Crippen LogP contribution in [0, 0.1) is 0 Å². The van der Waals surface area contributed by atoms with Crippen molar-refractivity contribution >= 4 is 11.8 Å². The third-order valence-electron chi connectivity index (χ3n) is 2.84. The number of alkyl halides is 3. The van der Waals surface area contributed by atoms with Crippen LogP contribution < -0.4 is 5.73 Å². The average molecular weight is 315 g/mol. The molecule has 0 aliphatic heterocycles. The molecule has 1 heterocycles. The molecule has 0 amide bonds. The van der Waals surface area contributed by atoms with E-state index in [1.54, 1.807) is 6.92 Å². The highest BCUT2D eigenvalue weighted by atomic mass is 32.2. The molecule has 0 fully saturated rings. The molecular weight excluding hydrogens is 299 g/mol. The van der Waals surface area contributed by atoms with Crippen molar-refractivity contribution in [1.29, 1.82) is 0 Å². The molecule has 2 N–H and O–H groups in total. The van der Waals surface area contributed by atoms with Crippen molar-refractivity contribution in [2.75, 3.05) is 0 Å². The molecule has 0 bridgehead atoms. The number of aromatic nitrogens is 2. The largest absolute Gasteiger partial charge is 0.435 e. The van der Waals surface area contributed by atoms with Crippen molar-refractivity contribution < 1.29 is 13.2 Å². The van der Waals surface area contributed by atoms with Crippen molar-refractivity contribution in [2.45, 2.75) is 35.5 Å². The zero-order valence-electron chi connectivity index (χ0n) is 11.7. The van der Waals surface area contributed by atoms with E-state index in [1.165, 1.54) is 23.5 Å². The van der Waals surface area contributed by atoms with Gasteiger partial charge in [0, 0.05) is 23.5 Å². The molecule has 0 saturated carbocycles. The van der Waals surface area contributed by atoms with Gasteiger partial charge in [-0.1, -0.05) is 30.0 Å². The smallest absolute Gasteiger partial charge is 0.328 e.